The van der Waals surface area contributed by atoms with E-state index < -0.39 is 0 Å². The molecule has 0 amide bonds. The number of benzene rings is 2. The Morgan fingerprint density at radius 2 is 1.06 bits per heavy atom. The van der Waals surface area contributed by atoms with E-state index in [1.54, 1.807) is 0 Å². The summed E-state index contributed by atoms with van der Waals surface area (Å²) in [5.41, 5.74) is 2.69. The van der Waals surface area contributed by atoms with Gasteiger partial charge >= 0.3 is 204 Å². The van der Waals surface area contributed by atoms with Gasteiger partial charge < -0.3 is 0 Å². The zero-order valence-electron chi connectivity index (χ0n) is 18.7. The number of hydrogen-bond acceptors (Lipinski definition) is 4. The van der Waals surface area contributed by atoms with Crippen LogP contribution < -0.4 is 8.92 Å². The Morgan fingerprint density at radius 1 is 0.625 bits per heavy atom. The summed E-state index contributed by atoms with van der Waals surface area (Å²) in [5.74, 6) is 0. The number of hydrogen-bond donors (Lipinski definition) is 0. The van der Waals surface area contributed by atoms with Crippen molar-refractivity contribution < 1.29 is 18.9 Å². The van der Waals surface area contributed by atoms with Crippen LogP contribution in [0.15, 0.2) is 48.5 Å². The molecule has 2 saturated heterocycles. The molecule has 2 aromatic carbocycles. The van der Waals surface area contributed by atoms with Gasteiger partial charge in [0.1, 0.15) is 0 Å². The van der Waals surface area contributed by atoms with Crippen molar-refractivity contribution in [3.63, 3.8) is 0 Å². The summed E-state index contributed by atoms with van der Waals surface area (Å²) >= 11 is 1.03. The average Bonchev–Trinajstić information content (AvgIpc) is 2.86. The van der Waals surface area contributed by atoms with Crippen LogP contribution in [-0.2, 0) is 31.8 Å². The Hall–Kier alpha value is -0.681. The van der Waals surface area contributed by atoms with Gasteiger partial charge in [-0.2, -0.15) is 0 Å². The van der Waals surface area contributed by atoms with E-state index in [0.29, 0.717) is 26.3 Å². The fourth-order valence-corrected chi connectivity index (χ4v) is 9.78. The van der Waals surface area contributed by atoms with Gasteiger partial charge in [-0.05, 0) is 0 Å². The zero-order valence-corrected chi connectivity index (χ0v) is 22.1. The molecule has 0 aliphatic carbocycles. The molecule has 2 aromatic rings. The first-order valence-electron chi connectivity index (χ1n) is 11.8. The summed E-state index contributed by atoms with van der Waals surface area (Å²) in [6.45, 7) is 3.17. The molecule has 2 heterocycles. The first-order valence-corrected chi connectivity index (χ1v) is 17.9. The number of rotatable bonds is 11. The van der Waals surface area contributed by atoms with Crippen LogP contribution in [0.4, 0.5) is 0 Å². The van der Waals surface area contributed by atoms with Crippen molar-refractivity contribution in [1.82, 2.24) is 0 Å². The molecule has 2 aliphatic rings. The molecule has 0 N–H and O–H groups in total. The van der Waals surface area contributed by atoms with E-state index in [9.17, 15) is 0 Å². The fraction of sp³-hybridized carbons (Fsp3) is 0.538. The van der Waals surface area contributed by atoms with Crippen molar-refractivity contribution in [2.45, 2.75) is 63.9 Å². The molecular formula is C26H34O4Se2. The van der Waals surface area contributed by atoms with E-state index in [1.165, 1.54) is 45.7 Å². The van der Waals surface area contributed by atoms with Crippen molar-refractivity contribution in [3.05, 3.63) is 59.7 Å². The maximum absolute atomic E-state index is 5.86. The second-order valence-electron chi connectivity index (χ2n) is 8.29. The molecular weight excluding hydrogens is 534 g/mol. The predicted octanol–water partition coefficient (Wildman–Crippen LogP) is 3.13. The average molecular weight is 568 g/mol. The van der Waals surface area contributed by atoms with E-state index in [-0.39, 0.29) is 12.6 Å². The van der Waals surface area contributed by atoms with Crippen molar-refractivity contribution in [3.8, 4) is 0 Å². The molecule has 0 aromatic heterocycles. The Bertz CT molecular complexity index is 702. The summed E-state index contributed by atoms with van der Waals surface area (Å²) in [6.07, 6.45) is 8.78. The molecule has 0 saturated carbocycles. The second-order valence-corrected chi connectivity index (χ2v) is 14.6. The third kappa shape index (κ3) is 8.59. The predicted molar refractivity (Wildman–Crippen MR) is 130 cm³/mol. The zero-order chi connectivity index (χ0) is 21.8. The SMILES string of the molecule is c1cc([Se][Se]c2ccc(CCOC3CCCCO3)cc2)ccc1CCOC1CCCCO1. The molecule has 0 radical (unpaired) electrons. The third-order valence-electron chi connectivity index (χ3n) is 5.75. The van der Waals surface area contributed by atoms with Crippen LogP contribution in [0.1, 0.15) is 49.7 Å². The Balaban J connectivity index is 1.12. The molecule has 2 unspecified atom stereocenters. The summed E-state index contributed by atoms with van der Waals surface area (Å²) in [4.78, 5) is 0. The van der Waals surface area contributed by atoms with Crippen LogP contribution >= 0.6 is 0 Å². The minimum absolute atomic E-state index is 0.0128. The van der Waals surface area contributed by atoms with Gasteiger partial charge in [0, 0.05) is 0 Å². The van der Waals surface area contributed by atoms with Crippen LogP contribution in [0.5, 0.6) is 0 Å². The Kier molecular flexibility index (Phi) is 10.6. The molecule has 2 aliphatic heterocycles. The van der Waals surface area contributed by atoms with Gasteiger partial charge in [0.2, 0.25) is 0 Å². The van der Waals surface area contributed by atoms with Gasteiger partial charge in [-0.25, -0.2) is 0 Å². The summed E-state index contributed by atoms with van der Waals surface area (Å²) < 4.78 is 25.9. The first-order chi connectivity index (χ1) is 15.8. The molecule has 2 fully saturated rings. The molecule has 0 bridgehead atoms. The number of ether oxygens (including phenoxy) is 4. The topological polar surface area (TPSA) is 36.9 Å². The van der Waals surface area contributed by atoms with Crippen molar-refractivity contribution in [2.75, 3.05) is 26.4 Å². The third-order valence-corrected chi connectivity index (χ3v) is 13.0. The minimum atomic E-state index is 0.0128. The molecule has 4 nitrogen and oxygen atoms in total. The van der Waals surface area contributed by atoms with Gasteiger partial charge in [0.15, 0.2) is 0 Å². The van der Waals surface area contributed by atoms with Gasteiger partial charge in [-0.15, -0.1) is 0 Å². The molecule has 0 spiro atoms. The van der Waals surface area contributed by atoms with Gasteiger partial charge in [0.05, 0.1) is 0 Å². The van der Waals surface area contributed by atoms with E-state index in [1.807, 2.05) is 0 Å². The van der Waals surface area contributed by atoms with Crippen LogP contribution in [0.25, 0.3) is 0 Å². The van der Waals surface area contributed by atoms with Gasteiger partial charge in [-0.1, -0.05) is 0 Å². The monoisotopic (exact) mass is 570 g/mol. The standard InChI is InChI=1S/C26H34O4Se2/c1-3-17-27-25(5-1)29-19-15-21-7-11-23(12-8-21)31-32-24-13-9-22(10-14-24)16-20-30-26-6-2-4-18-28-26/h7-14,25-26H,1-6,15-20H2. The Morgan fingerprint density at radius 3 is 1.44 bits per heavy atom. The van der Waals surface area contributed by atoms with Crippen LogP contribution in [-0.4, -0.2) is 65.3 Å². The second kappa shape index (κ2) is 13.9. The van der Waals surface area contributed by atoms with E-state index in [0.717, 1.165) is 52.1 Å². The first kappa shape index (κ1) is 24.4. The molecule has 174 valence electrons. The summed E-state index contributed by atoms with van der Waals surface area (Å²) in [6, 6.07) is 18.2. The summed E-state index contributed by atoms with van der Waals surface area (Å²) in [7, 11) is 0. The molecule has 6 heteroatoms. The Labute approximate surface area is 203 Å². The molecule has 32 heavy (non-hydrogen) atoms. The summed E-state index contributed by atoms with van der Waals surface area (Å²) in [5, 5.41) is 0. The van der Waals surface area contributed by atoms with E-state index in [4.69, 9.17) is 18.9 Å². The van der Waals surface area contributed by atoms with Crippen molar-refractivity contribution in [1.29, 1.82) is 0 Å². The van der Waals surface area contributed by atoms with E-state index >= 15 is 0 Å². The fourth-order valence-electron chi connectivity index (χ4n) is 3.82. The van der Waals surface area contributed by atoms with Crippen molar-refractivity contribution in [2.24, 2.45) is 0 Å². The van der Waals surface area contributed by atoms with E-state index in [2.05, 4.69) is 48.5 Å². The quantitative estimate of drug-likeness (QED) is 0.391. The molecule has 4 rings (SSSR count). The van der Waals surface area contributed by atoms with Gasteiger partial charge in [-0.3, -0.25) is 0 Å². The normalized spacial score (nSPS) is 21.5. The van der Waals surface area contributed by atoms with Gasteiger partial charge in [0.25, 0.3) is 0 Å². The van der Waals surface area contributed by atoms with Crippen LogP contribution in [0.2, 0.25) is 0 Å². The maximum atomic E-state index is 5.86. The van der Waals surface area contributed by atoms with Crippen molar-refractivity contribution >= 4 is 35.2 Å². The van der Waals surface area contributed by atoms with Crippen LogP contribution in [0.3, 0.4) is 0 Å². The van der Waals surface area contributed by atoms with Crippen LogP contribution in [0, 0.1) is 0 Å². The molecule has 2 atom stereocenters.